The van der Waals surface area contributed by atoms with Gasteiger partial charge in [0.1, 0.15) is 5.75 Å². The van der Waals surface area contributed by atoms with E-state index in [1.807, 2.05) is 43.3 Å². The van der Waals surface area contributed by atoms with Crippen molar-refractivity contribution < 1.29 is 14.6 Å². The lowest BCUT2D eigenvalue weighted by atomic mass is 10.2. The van der Waals surface area contributed by atoms with Gasteiger partial charge in [0.15, 0.2) is 0 Å². The van der Waals surface area contributed by atoms with E-state index in [4.69, 9.17) is 26.1 Å². The molecule has 0 saturated heterocycles. The number of carboxylic acid groups (broad SMARTS) is 1. The Morgan fingerprint density at radius 3 is 1.60 bits per heavy atom. The number of nitrogens with two attached hydrogens (primary N) is 2. The van der Waals surface area contributed by atoms with Gasteiger partial charge in [-0.1, -0.05) is 17.7 Å². The number of ether oxygens (including phenoxy) is 1. The number of rotatable bonds is 1. The molecule has 5 N–H and O–H groups in total. The van der Waals surface area contributed by atoms with Crippen molar-refractivity contribution in [2.45, 2.75) is 6.92 Å². The summed E-state index contributed by atoms with van der Waals surface area (Å²) < 4.78 is 4.91. The Labute approximate surface area is 118 Å². The Kier molecular flexibility index (Phi) is 8.87. The summed E-state index contributed by atoms with van der Waals surface area (Å²) in [6.07, 6.45) is 0. The van der Waals surface area contributed by atoms with Crippen molar-refractivity contribution in [1.29, 1.82) is 0 Å². The average Bonchev–Trinajstić information content (AvgIpc) is 2.45. The van der Waals surface area contributed by atoms with Crippen LogP contribution < -0.4 is 16.2 Å². The van der Waals surface area contributed by atoms with E-state index in [0.29, 0.717) is 0 Å². The summed E-state index contributed by atoms with van der Waals surface area (Å²) in [4.78, 5) is 8.36. The van der Waals surface area contributed by atoms with E-state index in [-0.39, 0.29) is 6.47 Å². The molecular formula is C15H20N2O3. The number of methoxy groups -OCH3 is 1. The van der Waals surface area contributed by atoms with Crippen molar-refractivity contribution in [3.05, 3.63) is 54.1 Å². The Morgan fingerprint density at radius 2 is 1.30 bits per heavy atom. The van der Waals surface area contributed by atoms with E-state index < -0.39 is 0 Å². The van der Waals surface area contributed by atoms with Gasteiger partial charge in [-0.25, -0.2) is 0 Å². The van der Waals surface area contributed by atoms with Crippen LogP contribution >= 0.6 is 0 Å². The van der Waals surface area contributed by atoms with E-state index in [9.17, 15) is 0 Å². The van der Waals surface area contributed by atoms with Crippen molar-refractivity contribution >= 4 is 17.8 Å². The molecular weight excluding hydrogens is 256 g/mol. The van der Waals surface area contributed by atoms with Crippen LogP contribution in [-0.2, 0) is 4.79 Å². The zero-order valence-corrected chi connectivity index (χ0v) is 11.6. The van der Waals surface area contributed by atoms with Gasteiger partial charge in [0.05, 0.1) is 7.11 Å². The molecule has 5 nitrogen and oxygen atoms in total. The van der Waals surface area contributed by atoms with E-state index in [2.05, 4.69) is 0 Å². The van der Waals surface area contributed by atoms with Gasteiger partial charge in [-0.15, -0.1) is 0 Å². The molecule has 2 rings (SSSR count). The van der Waals surface area contributed by atoms with Crippen LogP contribution in [-0.4, -0.2) is 18.7 Å². The molecule has 0 aliphatic carbocycles. The smallest absolute Gasteiger partial charge is 0.290 e. The molecule has 0 unspecified atom stereocenters. The van der Waals surface area contributed by atoms with Crippen LogP contribution in [0.25, 0.3) is 0 Å². The number of hydrogen-bond acceptors (Lipinski definition) is 4. The largest absolute Gasteiger partial charge is 0.497 e. The maximum atomic E-state index is 8.36. The standard InChI is InChI=1S/C7H9NO.C7H9N.CH2O2/c1-9-7-4-2-6(8)3-5-7;1-6-2-4-7(8)5-3-6;2-1-3/h2-5H,8H2,1H3;2-5H,8H2,1H3;1H,(H,2,3). The molecule has 20 heavy (non-hydrogen) atoms. The highest BCUT2D eigenvalue weighted by atomic mass is 16.5. The fourth-order valence-corrected chi connectivity index (χ4v) is 1.17. The first-order valence-corrected chi connectivity index (χ1v) is 5.83. The Bertz CT molecular complexity index is 460. The first-order valence-electron chi connectivity index (χ1n) is 5.83. The molecule has 0 atom stereocenters. The lowest BCUT2D eigenvalue weighted by molar-refractivity contribution is -0.122. The van der Waals surface area contributed by atoms with E-state index in [1.165, 1.54) is 5.56 Å². The monoisotopic (exact) mass is 276 g/mol. The van der Waals surface area contributed by atoms with Crippen LogP contribution in [0.4, 0.5) is 11.4 Å². The summed E-state index contributed by atoms with van der Waals surface area (Å²) in [7, 11) is 1.63. The highest BCUT2D eigenvalue weighted by Gasteiger charge is 1.86. The maximum absolute atomic E-state index is 8.36. The summed E-state index contributed by atoms with van der Waals surface area (Å²) >= 11 is 0. The second kappa shape index (κ2) is 10.3. The van der Waals surface area contributed by atoms with Crippen molar-refractivity contribution in [2.24, 2.45) is 0 Å². The fourth-order valence-electron chi connectivity index (χ4n) is 1.17. The number of nitrogen functional groups attached to an aromatic ring is 2. The van der Waals surface area contributed by atoms with Gasteiger partial charge < -0.3 is 21.3 Å². The number of aryl methyl sites for hydroxylation is 1. The number of hydrogen-bond donors (Lipinski definition) is 3. The average molecular weight is 276 g/mol. The summed E-state index contributed by atoms with van der Waals surface area (Å²) in [5.74, 6) is 0.837. The SMILES string of the molecule is COc1ccc(N)cc1.Cc1ccc(N)cc1.O=CO. The highest BCUT2D eigenvalue weighted by Crippen LogP contribution is 2.11. The van der Waals surface area contributed by atoms with Gasteiger partial charge in [0.25, 0.3) is 6.47 Å². The minimum absolute atomic E-state index is 0.250. The zero-order chi connectivity index (χ0) is 15.4. The summed E-state index contributed by atoms with van der Waals surface area (Å²) in [6.45, 7) is 1.79. The molecule has 0 aromatic heterocycles. The predicted molar refractivity (Wildman–Crippen MR) is 81.7 cm³/mol. The number of carbonyl (C=O) groups is 1. The second-order valence-electron chi connectivity index (χ2n) is 3.79. The lowest BCUT2D eigenvalue weighted by Gasteiger charge is -1.97. The third-order valence-electron chi connectivity index (χ3n) is 2.19. The molecule has 0 spiro atoms. The van der Waals surface area contributed by atoms with Crippen LogP contribution in [0.2, 0.25) is 0 Å². The van der Waals surface area contributed by atoms with Crippen molar-refractivity contribution in [3.63, 3.8) is 0 Å². The quantitative estimate of drug-likeness (QED) is 0.549. The van der Waals surface area contributed by atoms with Crippen LogP contribution in [0, 0.1) is 6.92 Å². The molecule has 0 aliphatic heterocycles. The molecule has 5 heteroatoms. The Balaban J connectivity index is 0.000000304. The minimum Gasteiger partial charge on any atom is -0.497 e. The predicted octanol–water partition coefficient (Wildman–Crippen LogP) is 2.56. The zero-order valence-electron chi connectivity index (χ0n) is 11.6. The second-order valence-corrected chi connectivity index (χ2v) is 3.79. The van der Waals surface area contributed by atoms with Crippen LogP contribution in [0.15, 0.2) is 48.5 Å². The van der Waals surface area contributed by atoms with Gasteiger partial charge >= 0.3 is 0 Å². The van der Waals surface area contributed by atoms with Gasteiger partial charge in [-0.3, -0.25) is 4.79 Å². The summed E-state index contributed by atoms with van der Waals surface area (Å²) in [5.41, 5.74) is 13.7. The molecule has 0 radical (unpaired) electrons. The molecule has 0 saturated carbocycles. The van der Waals surface area contributed by atoms with E-state index >= 15 is 0 Å². The lowest BCUT2D eigenvalue weighted by Crippen LogP contribution is -1.84. The topological polar surface area (TPSA) is 98.6 Å². The summed E-state index contributed by atoms with van der Waals surface area (Å²) in [6, 6.07) is 15.1. The molecule has 0 amide bonds. The third-order valence-corrected chi connectivity index (χ3v) is 2.19. The van der Waals surface area contributed by atoms with E-state index in [1.54, 1.807) is 19.2 Å². The van der Waals surface area contributed by atoms with Crippen LogP contribution in [0.1, 0.15) is 5.56 Å². The van der Waals surface area contributed by atoms with Crippen molar-refractivity contribution in [3.8, 4) is 5.75 Å². The fraction of sp³-hybridized carbons (Fsp3) is 0.133. The Morgan fingerprint density at radius 1 is 0.950 bits per heavy atom. The number of anilines is 2. The van der Waals surface area contributed by atoms with Crippen molar-refractivity contribution in [2.75, 3.05) is 18.6 Å². The van der Waals surface area contributed by atoms with E-state index in [0.717, 1.165) is 17.1 Å². The van der Waals surface area contributed by atoms with Gasteiger partial charge in [0, 0.05) is 11.4 Å². The minimum atomic E-state index is -0.250. The maximum Gasteiger partial charge on any atom is 0.290 e. The first kappa shape index (κ1) is 17.3. The molecule has 0 fully saturated rings. The molecule has 2 aromatic carbocycles. The summed E-state index contributed by atoms with van der Waals surface area (Å²) in [5, 5.41) is 6.89. The van der Waals surface area contributed by atoms with Gasteiger partial charge in [-0.05, 0) is 43.3 Å². The van der Waals surface area contributed by atoms with Crippen LogP contribution in [0.3, 0.4) is 0 Å². The Hall–Kier alpha value is -2.69. The normalized spacial score (nSPS) is 8.30. The number of benzene rings is 2. The highest BCUT2D eigenvalue weighted by molar-refractivity contribution is 5.41. The molecule has 0 heterocycles. The van der Waals surface area contributed by atoms with Crippen LogP contribution in [0.5, 0.6) is 5.75 Å². The first-order chi connectivity index (χ1) is 9.53. The molecule has 0 aliphatic rings. The molecule has 0 bridgehead atoms. The van der Waals surface area contributed by atoms with Crippen molar-refractivity contribution in [1.82, 2.24) is 0 Å². The third kappa shape index (κ3) is 8.41. The van der Waals surface area contributed by atoms with Gasteiger partial charge in [0.2, 0.25) is 0 Å². The van der Waals surface area contributed by atoms with Gasteiger partial charge in [-0.2, -0.15) is 0 Å². The molecule has 108 valence electrons. The molecule has 2 aromatic rings.